The minimum Gasteiger partial charge on any atom is -0.394 e. The van der Waals surface area contributed by atoms with Gasteiger partial charge in [0.25, 0.3) is 5.56 Å². The number of aliphatic hydroxyl groups excluding tert-OH is 3. The topological polar surface area (TPSA) is 162 Å². The lowest BCUT2D eigenvalue weighted by molar-refractivity contribution is -0.0549. The predicted molar refractivity (Wildman–Crippen MR) is 93.0 cm³/mol. The first-order valence-electron chi connectivity index (χ1n) is 8.15. The normalized spacial score (nSPS) is 25.1. The molecule has 1 aromatic carbocycles. The van der Waals surface area contributed by atoms with Crippen molar-refractivity contribution in [1.29, 1.82) is 0 Å². The van der Waals surface area contributed by atoms with E-state index in [1.807, 2.05) is 30.3 Å². The van der Waals surface area contributed by atoms with Gasteiger partial charge in [0.15, 0.2) is 6.23 Å². The lowest BCUT2D eigenvalue weighted by Crippen LogP contribution is -2.38. The van der Waals surface area contributed by atoms with Gasteiger partial charge in [-0.2, -0.15) is 5.11 Å². The Hall–Kier alpha value is -2.86. The highest BCUT2D eigenvalue weighted by Crippen LogP contribution is 2.28. The molecule has 3 rings (SSSR count). The predicted octanol–water partition coefficient (Wildman–Crippen LogP) is -0.873. The highest BCUT2D eigenvalue weighted by Gasteiger charge is 2.43. The van der Waals surface area contributed by atoms with Crippen LogP contribution in [0.15, 0.2) is 56.5 Å². The number of H-pyrrole nitrogens is 1. The van der Waals surface area contributed by atoms with Crippen LogP contribution in [-0.4, -0.2) is 49.8 Å². The van der Waals surface area contributed by atoms with Crippen LogP contribution in [0.2, 0.25) is 0 Å². The van der Waals surface area contributed by atoms with Crippen LogP contribution in [0.1, 0.15) is 11.8 Å². The maximum absolute atomic E-state index is 12.0. The summed E-state index contributed by atoms with van der Waals surface area (Å²) in [6.45, 7) is -0.244. The fourth-order valence-electron chi connectivity index (χ4n) is 2.65. The van der Waals surface area contributed by atoms with Crippen molar-refractivity contribution in [2.24, 2.45) is 10.3 Å². The Labute approximate surface area is 152 Å². The second-order valence-electron chi connectivity index (χ2n) is 5.94. The minimum absolute atomic E-state index is 0.107. The number of ether oxygens (including phenoxy) is 1. The van der Waals surface area contributed by atoms with Crippen molar-refractivity contribution in [2.45, 2.75) is 31.1 Å². The van der Waals surface area contributed by atoms with Gasteiger partial charge in [-0.3, -0.25) is 19.8 Å². The van der Waals surface area contributed by atoms with E-state index in [9.17, 15) is 19.8 Å². The summed E-state index contributed by atoms with van der Waals surface area (Å²) in [5.41, 5.74) is 1.67. The Morgan fingerprint density at radius 3 is 2.59 bits per heavy atom. The first-order chi connectivity index (χ1) is 13.0. The Balaban J connectivity index is 1.76. The molecule has 2 aromatic rings. The molecule has 27 heavy (non-hydrogen) atoms. The molecule has 11 nitrogen and oxygen atoms in total. The smallest absolute Gasteiger partial charge is 0.330 e. The van der Waals surface area contributed by atoms with Crippen molar-refractivity contribution < 1.29 is 20.1 Å². The quantitative estimate of drug-likeness (QED) is 0.323. The van der Waals surface area contributed by atoms with Crippen LogP contribution in [-0.2, 0) is 11.3 Å². The van der Waals surface area contributed by atoms with Gasteiger partial charge in [-0.15, -0.1) is 0 Å². The first-order valence-corrected chi connectivity index (χ1v) is 8.15. The maximum Gasteiger partial charge on any atom is 0.330 e. The van der Waals surface area contributed by atoms with E-state index in [2.05, 4.69) is 20.7 Å². The molecule has 0 saturated carbocycles. The number of nitrogens with zero attached hydrogens (tertiary/aromatic N) is 3. The largest absolute Gasteiger partial charge is 0.394 e. The molecule has 144 valence electrons. The molecule has 0 radical (unpaired) electrons. The summed E-state index contributed by atoms with van der Waals surface area (Å²) >= 11 is 0. The third kappa shape index (κ3) is 4.11. The van der Waals surface area contributed by atoms with Gasteiger partial charge in [-0.1, -0.05) is 35.6 Å². The SMILES string of the molecule is O=c1[nH]c(=O)n(C2OC(CO)C(O)C2O)cc1NN=NCc1ccccc1. The van der Waals surface area contributed by atoms with Crippen LogP contribution in [0.4, 0.5) is 5.69 Å². The first kappa shape index (κ1) is 18.9. The highest BCUT2D eigenvalue weighted by molar-refractivity contribution is 5.36. The van der Waals surface area contributed by atoms with Crippen LogP contribution in [0, 0.1) is 0 Å². The van der Waals surface area contributed by atoms with Gasteiger partial charge < -0.3 is 20.1 Å². The molecule has 0 amide bonds. The van der Waals surface area contributed by atoms with E-state index in [-0.39, 0.29) is 5.69 Å². The van der Waals surface area contributed by atoms with Gasteiger partial charge in [-0.25, -0.2) is 4.79 Å². The zero-order valence-corrected chi connectivity index (χ0v) is 14.1. The second-order valence-corrected chi connectivity index (χ2v) is 5.94. The summed E-state index contributed by atoms with van der Waals surface area (Å²) in [6.07, 6.45) is -4.06. The molecule has 1 saturated heterocycles. The maximum atomic E-state index is 12.0. The van der Waals surface area contributed by atoms with Gasteiger partial charge in [0.1, 0.15) is 24.0 Å². The van der Waals surface area contributed by atoms with Gasteiger partial charge >= 0.3 is 5.69 Å². The van der Waals surface area contributed by atoms with Crippen molar-refractivity contribution in [3.05, 3.63) is 62.9 Å². The monoisotopic (exact) mass is 377 g/mol. The molecule has 1 aliphatic heterocycles. The van der Waals surface area contributed by atoms with E-state index in [0.29, 0.717) is 6.54 Å². The fraction of sp³-hybridized carbons (Fsp3) is 0.375. The molecule has 2 heterocycles. The third-order valence-corrected chi connectivity index (χ3v) is 4.10. The highest BCUT2D eigenvalue weighted by atomic mass is 16.6. The summed E-state index contributed by atoms with van der Waals surface area (Å²) in [5, 5.41) is 36.6. The number of rotatable bonds is 6. The van der Waals surface area contributed by atoms with Crippen LogP contribution in [0.3, 0.4) is 0 Å². The zero-order chi connectivity index (χ0) is 19.4. The molecule has 1 fully saturated rings. The average Bonchev–Trinajstić information content (AvgIpc) is 2.95. The number of benzene rings is 1. The number of nitrogens with one attached hydrogen (secondary N) is 2. The van der Waals surface area contributed by atoms with Crippen molar-refractivity contribution >= 4 is 5.69 Å². The van der Waals surface area contributed by atoms with Crippen molar-refractivity contribution in [1.82, 2.24) is 9.55 Å². The van der Waals surface area contributed by atoms with E-state index in [1.165, 1.54) is 0 Å². The fourth-order valence-corrected chi connectivity index (χ4v) is 2.65. The number of hydrogen-bond acceptors (Lipinski definition) is 8. The number of aromatic nitrogens is 2. The van der Waals surface area contributed by atoms with Gasteiger partial charge in [-0.05, 0) is 5.56 Å². The van der Waals surface area contributed by atoms with Gasteiger partial charge in [0.05, 0.1) is 13.2 Å². The summed E-state index contributed by atoms with van der Waals surface area (Å²) in [5.74, 6) is 0. The van der Waals surface area contributed by atoms with Gasteiger partial charge in [0, 0.05) is 6.20 Å². The molecule has 4 atom stereocenters. The Morgan fingerprint density at radius 2 is 1.93 bits per heavy atom. The van der Waals surface area contributed by atoms with E-state index in [0.717, 1.165) is 16.3 Å². The van der Waals surface area contributed by atoms with E-state index >= 15 is 0 Å². The number of aliphatic hydroxyl groups is 3. The van der Waals surface area contributed by atoms with Crippen molar-refractivity contribution in [3.8, 4) is 0 Å². The lowest BCUT2D eigenvalue weighted by atomic mass is 10.1. The Bertz CT molecular complexity index is 912. The van der Waals surface area contributed by atoms with Crippen molar-refractivity contribution in [2.75, 3.05) is 12.0 Å². The molecule has 1 aliphatic rings. The number of hydrogen-bond donors (Lipinski definition) is 5. The molecule has 5 N–H and O–H groups in total. The molecular formula is C16H19N5O6. The second kappa shape index (κ2) is 8.22. The molecule has 4 unspecified atom stereocenters. The summed E-state index contributed by atoms with van der Waals surface area (Å²) in [4.78, 5) is 26.0. The zero-order valence-electron chi connectivity index (χ0n) is 14.1. The van der Waals surface area contributed by atoms with Crippen LogP contribution < -0.4 is 16.7 Å². The van der Waals surface area contributed by atoms with Crippen LogP contribution >= 0.6 is 0 Å². The molecule has 0 aliphatic carbocycles. The molecular weight excluding hydrogens is 358 g/mol. The Morgan fingerprint density at radius 1 is 1.19 bits per heavy atom. The minimum atomic E-state index is -1.46. The van der Waals surface area contributed by atoms with Crippen LogP contribution in [0.25, 0.3) is 0 Å². The summed E-state index contributed by atoms with van der Waals surface area (Å²) in [7, 11) is 0. The van der Waals surface area contributed by atoms with E-state index < -0.39 is 42.4 Å². The van der Waals surface area contributed by atoms with E-state index in [4.69, 9.17) is 9.84 Å². The Kier molecular flexibility index (Phi) is 5.76. The third-order valence-electron chi connectivity index (χ3n) is 4.10. The summed E-state index contributed by atoms with van der Waals surface area (Å²) < 4.78 is 6.19. The molecule has 0 spiro atoms. The standard InChI is InChI=1S/C16H19N5O6/c22-8-11-12(23)13(24)15(27-11)21-7-10(14(25)18-16(21)26)19-20-17-6-9-4-2-1-3-5-9/h1-5,7,11-13,15,22-24H,6,8H2,(H,17,19)(H,18,25,26). The molecule has 0 bridgehead atoms. The average molecular weight is 377 g/mol. The number of aromatic amines is 1. The molecule has 11 heteroatoms. The van der Waals surface area contributed by atoms with E-state index in [1.54, 1.807) is 0 Å². The van der Waals surface area contributed by atoms with Crippen molar-refractivity contribution in [3.63, 3.8) is 0 Å². The lowest BCUT2D eigenvalue weighted by Gasteiger charge is -2.17. The molecule has 1 aromatic heterocycles. The van der Waals surface area contributed by atoms with Crippen LogP contribution in [0.5, 0.6) is 0 Å². The summed E-state index contributed by atoms with van der Waals surface area (Å²) in [6, 6.07) is 9.33. The number of anilines is 1. The van der Waals surface area contributed by atoms with Gasteiger partial charge in [0.2, 0.25) is 0 Å².